The van der Waals surface area contributed by atoms with E-state index >= 15 is 0 Å². The highest BCUT2D eigenvalue weighted by molar-refractivity contribution is 5.25. The van der Waals surface area contributed by atoms with Gasteiger partial charge in [-0.1, -0.05) is 12.1 Å². The largest absolute Gasteiger partial charge is 0.305 e. The Morgan fingerprint density at radius 2 is 2.17 bits per heavy atom. The van der Waals surface area contributed by atoms with Crippen molar-refractivity contribution in [1.29, 1.82) is 0 Å². The van der Waals surface area contributed by atoms with E-state index < -0.39 is 0 Å². The van der Waals surface area contributed by atoms with Crippen LogP contribution in [0.1, 0.15) is 29.8 Å². The maximum absolute atomic E-state index is 13.5. The molecule has 0 fully saturated rings. The van der Waals surface area contributed by atoms with Crippen molar-refractivity contribution >= 4 is 0 Å². The van der Waals surface area contributed by atoms with Crippen LogP contribution in [0.15, 0.2) is 36.8 Å². The molecule has 4 heteroatoms. The Hall–Kier alpha value is -1.81. The van der Waals surface area contributed by atoms with Gasteiger partial charge in [0, 0.05) is 31.2 Å². The van der Waals surface area contributed by atoms with Gasteiger partial charge in [0.05, 0.1) is 5.69 Å². The molecular weight excluding hydrogens is 229 g/mol. The van der Waals surface area contributed by atoms with E-state index in [4.69, 9.17) is 0 Å². The highest BCUT2D eigenvalue weighted by atomic mass is 19.1. The zero-order chi connectivity index (χ0) is 13.0. The van der Waals surface area contributed by atoms with Gasteiger partial charge in [0.1, 0.15) is 5.82 Å². The lowest BCUT2D eigenvalue weighted by Gasteiger charge is -2.14. The molecule has 2 rings (SSSR count). The zero-order valence-electron chi connectivity index (χ0n) is 10.5. The number of nitrogens with one attached hydrogen (secondary N) is 1. The fourth-order valence-electron chi connectivity index (χ4n) is 1.68. The van der Waals surface area contributed by atoms with Gasteiger partial charge in [-0.3, -0.25) is 9.97 Å². The molecule has 1 N–H and O–H groups in total. The van der Waals surface area contributed by atoms with Crippen LogP contribution in [0.3, 0.4) is 0 Å². The number of aromatic nitrogens is 2. The van der Waals surface area contributed by atoms with E-state index in [-0.39, 0.29) is 11.9 Å². The molecule has 0 radical (unpaired) electrons. The smallest absolute Gasteiger partial charge is 0.126 e. The lowest BCUT2D eigenvalue weighted by molar-refractivity contribution is 0.557. The van der Waals surface area contributed by atoms with Crippen molar-refractivity contribution in [2.45, 2.75) is 26.4 Å². The first-order chi connectivity index (χ1) is 8.66. The lowest BCUT2D eigenvalue weighted by atomic mass is 10.1. The first kappa shape index (κ1) is 12.6. The molecule has 1 unspecified atom stereocenters. The summed E-state index contributed by atoms with van der Waals surface area (Å²) >= 11 is 0. The third-order valence-electron chi connectivity index (χ3n) is 2.90. The van der Waals surface area contributed by atoms with Crippen LogP contribution >= 0.6 is 0 Å². The first-order valence-corrected chi connectivity index (χ1v) is 5.91. The minimum atomic E-state index is -0.166. The van der Waals surface area contributed by atoms with E-state index in [1.165, 1.54) is 0 Å². The number of halogens is 1. The molecule has 1 aromatic heterocycles. The van der Waals surface area contributed by atoms with Gasteiger partial charge in [0.25, 0.3) is 0 Å². The number of hydrogen-bond donors (Lipinski definition) is 1. The van der Waals surface area contributed by atoms with Crippen LogP contribution in [0.2, 0.25) is 0 Å². The van der Waals surface area contributed by atoms with Crippen LogP contribution in [0, 0.1) is 12.7 Å². The lowest BCUT2D eigenvalue weighted by Crippen LogP contribution is -2.19. The molecule has 0 amide bonds. The van der Waals surface area contributed by atoms with Crippen molar-refractivity contribution in [2.75, 3.05) is 0 Å². The van der Waals surface area contributed by atoms with Crippen LogP contribution in [0.25, 0.3) is 0 Å². The van der Waals surface area contributed by atoms with Gasteiger partial charge in [-0.15, -0.1) is 0 Å². The number of nitrogens with zero attached hydrogens (tertiary/aromatic N) is 2. The molecule has 18 heavy (non-hydrogen) atoms. The van der Waals surface area contributed by atoms with Crippen molar-refractivity contribution in [3.8, 4) is 0 Å². The molecule has 1 atom stereocenters. The van der Waals surface area contributed by atoms with Crippen LogP contribution in [-0.2, 0) is 6.54 Å². The Morgan fingerprint density at radius 1 is 1.33 bits per heavy atom. The summed E-state index contributed by atoms with van der Waals surface area (Å²) in [6.07, 6.45) is 5.02. The summed E-state index contributed by atoms with van der Waals surface area (Å²) in [5.74, 6) is -0.166. The van der Waals surface area contributed by atoms with Gasteiger partial charge < -0.3 is 5.32 Å². The molecule has 0 saturated carbocycles. The molecule has 1 aromatic carbocycles. The summed E-state index contributed by atoms with van der Waals surface area (Å²) in [5, 5.41) is 3.29. The van der Waals surface area contributed by atoms with Crippen molar-refractivity contribution in [2.24, 2.45) is 0 Å². The summed E-state index contributed by atoms with van der Waals surface area (Å²) in [6, 6.07) is 5.38. The standard InChI is InChI=1S/C14H16FN3/c1-10-3-4-12(7-14(10)15)11(2)18-9-13-8-16-5-6-17-13/h3-8,11,18H,9H2,1-2H3. The van der Waals surface area contributed by atoms with Crippen molar-refractivity contribution in [3.05, 3.63) is 59.4 Å². The molecule has 1 heterocycles. The number of aryl methyl sites for hydroxylation is 1. The van der Waals surface area contributed by atoms with Crippen LogP contribution < -0.4 is 5.32 Å². The van der Waals surface area contributed by atoms with E-state index in [1.807, 2.05) is 13.0 Å². The molecule has 0 spiro atoms. The monoisotopic (exact) mass is 245 g/mol. The van der Waals surface area contributed by atoms with Crippen LogP contribution in [-0.4, -0.2) is 9.97 Å². The maximum Gasteiger partial charge on any atom is 0.126 e. The molecule has 0 bridgehead atoms. The van der Waals surface area contributed by atoms with E-state index in [0.29, 0.717) is 12.1 Å². The van der Waals surface area contributed by atoms with Crippen LogP contribution in [0.4, 0.5) is 4.39 Å². The van der Waals surface area contributed by atoms with Crippen molar-refractivity contribution < 1.29 is 4.39 Å². The van der Waals surface area contributed by atoms with Crippen molar-refractivity contribution in [3.63, 3.8) is 0 Å². The highest BCUT2D eigenvalue weighted by Crippen LogP contribution is 2.16. The van der Waals surface area contributed by atoms with Crippen LogP contribution in [0.5, 0.6) is 0 Å². The second kappa shape index (κ2) is 5.69. The van der Waals surface area contributed by atoms with Gasteiger partial charge in [0.2, 0.25) is 0 Å². The molecule has 3 nitrogen and oxygen atoms in total. The SMILES string of the molecule is Cc1ccc(C(C)NCc2cnccn2)cc1F. The molecular formula is C14H16FN3. The summed E-state index contributed by atoms with van der Waals surface area (Å²) in [6.45, 7) is 4.38. The first-order valence-electron chi connectivity index (χ1n) is 5.91. The van der Waals surface area contributed by atoms with Gasteiger partial charge in [0.15, 0.2) is 0 Å². The third-order valence-corrected chi connectivity index (χ3v) is 2.90. The Bertz CT molecular complexity index is 514. The average molecular weight is 245 g/mol. The highest BCUT2D eigenvalue weighted by Gasteiger charge is 2.07. The van der Waals surface area contributed by atoms with Crippen molar-refractivity contribution in [1.82, 2.24) is 15.3 Å². The number of rotatable bonds is 4. The van der Waals surface area contributed by atoms with Gasteiger partial charge >= 0.3 is 0 Å². The number of benzene rings is 1. The topological polar surface area (TPSA) is 37.8 Å². The quantitative estimate of drug-likeness (QED) is 0.900. The van der Waals surface area contributed by atoms with E-state index in [2.05, 4.69) is 15.3 Å². The summed E-state index contributed by atoms with van der Waals surface area (Å²) < 4.78 is 13.5. The third kappa shape index (κ3) is 3.11. The molecule has 0 aliphatic carbocycles. The predicted molar refractivity (Wildman–Crippen MR) is 68.4 cm³/mol. The molecule has 0 aliphatic rings. The Balaban J connectivity index is 1.99. The number of hydrogen-bond acceptors (Lipinski definition) is 3. The Labute approximate surface area is 106 Å². The van der Waals surface area contributed by atoms with Gasteiger partial charge in [-0.2, -0.15) is 0 Å². The predicted octanol–water partition coefficient (Wildman–Crippen LogP) is 2.77. The minimum Gasteiger partial charge on any atom is -0.305 e. The summed E-state index contributed by atoms with van der Waals surface area (Å²) in [4.78, 5) is 8.18. The molecule has 94 valence electrons. The normalized spacial score (nSPS) is 12.4. The van der Waals surface area contributed by atoms with E-state index in [0.717, 1.165) is 11.3 Å². The molecule has 0 aliphatic heterocycles. The fraction of sp³-hybridized carbons (Fsp3) is 0.286. The Morgan fingerprint density at radius 3 is 2.83 bits per heavy atom. The Kier molecular flexibility index (Phi) is 3.99. The summed E-state index contributed by atoms with van der Waals surface area (Å²) in [5.41, 5.74) is 2.47. The van der Waals surface area contributed by atoms with Gasteiger partial charge in [-0.05, 0) is 31.0 Å². The molecule has 0 saturated heterocycles. The van der Waals surface area contributed by atoms with E-state index in [1.54, 1.807) is 37.6 Å². The summed E-state index contributed by atoms with van der Waals surface area (Å²) in [7, 11) is 0. The second-order valence-electron chi connectivity index (χ2n) is 4.31. The fourth-order valence-corrected chi connectivity index (χ4v) is 1.68. The second-order valence-corrected chi connectivity index (χ2v) is 4.31. The van der Waals surface area contributed by atoms with E-state index in [9.17, 15) is 4.39 Å². The average Bonchev–Trinajstić information content (AvgIpc) is 2.40. The zero-order valence-corrected chi connectivity index (χ0v) is 10.5. The van der Waals surface area contributed by atoms with Gasteiger partial charge in [-0.25, -0.2) is 4.39 Å². The molecule has 2 aromatic rings. The maximum atomic E-state index is 13.5. The minimum absolute atomic E-state index is 0.0714.